The quantitative estimate of drug-likeness (QED) is 0.594. The van der Waals surface area contributed by atoms with Crippen LogP contribution in [0.5, 0.6) is 0 Å². The van der Waals surface area contributed by atoms with Crippen LogP contribution in [-0.2, 0) is 21.9 Å². The molecule has 0 aliphatic rings. The van der Waals surface area contributed by atoms with Crippen molar-refractivity contribution in [2.75, 3.05) is 12.3 Å². The summed E-state index contributed by atoms with van der Waals surface area (Å²) >= 11 is 5.00. The Morgan fingerprint density at radius 1 is 1.14 bits per heavy atom. The highest BCUT2D eigenvalue weighted by atomic mass is 79.9. The first-order valence-corrected chi connectivity index (χ1v) is 11.3. The van der Waals surface area contributed by atoms with E-state index in [2.05, 4.69) is 21.2 Å². The van der Waals surface area contributed by atoms with E-state index in [9.17, 15) is 9.59 Å². The largest absolute Gasteiger partial charge is 0.355 e. The lowest BCUT2D eigenvalue weighted by Gasteiger charge is -2.29. The fourth-order valence-corrected chi connectivity index (χ4v) is 3.93. The number of thioether (sulfide) groups is 1. The minimum Gasteiger partial charge on any atom is -0.355 e. The van der Waals surface area contributed by atoms with Crippen molar-refractivity contribution >= 4 is 39.5 Å². The zero-order chi connectivity index (χ0) is 20.5. The van der Waals surface area contributed by atoms with Crippen LogP contribution < -0.4 is 5.32 Å². The van der Waals surface area contributed by atoms with Crippen LogP contribution in [0.25, 0.3) is 0 Å². The minimum atomic E-state index is -0.514. The van der Waals surface area contributed by atoms with E-state index in [1.165, 1.54) is 5.56 Å². The minimum absolute atomic E-state index is 0.0240. The number of hydrogen-bond acceptors (Lipinski definition) is 3. The lowest BCUT2D eigenvalue weighted by Crippen LogP contribution is -2.48. The molecule has 1 N–H and O–H groups in total. The predicted molar refractivity (Wildman–Crippen MR) is 120 cm³/mol. The summed E-state index contributed by atoms with van der Waals surface area (Å²) in [5.74, 6) is 0.949. The monoisotopic (exact) mass is 462 g/mol. The topological polar surface area (TPSA) is 49.4 Å². The second kappa shape index (κ2) is 11.3. The van der Waals surface area contributed by atoms with E-state index in [1.807, 2.05) is 62.4 Å². The highest BCUT2D eigenvalue weighted by Crippen LogP contribution is 2.19. The fourth-order valence-electron chi connectivity index (χ4n) is 2.80. The second-order valence-corrected chi connectivity index (χ2v) is 8.54. The van der Waals surface area contributed by atoms with E-state index in [4.69, 9.17) is 0 Å². The van der Waals surface area contributed by atoms with Crippen LogP contribution in [0.3, 0.4) is 0 Å². The number of nitrogens with one attached hydrogen (secondary N) is 1. The number of aryl methyl sites for hydroxylation is 1. The third-order valence-corrected chi connectivity index (χ3v) is 6.04. The van der Waals surface area contributed by atoms with E-state index >= 15 is 0 Å². The van der Waals surface area contributed by atoms with Gasteiger partial charge in [0.05, 0.1) is 5.75 Å². The molecule has 0 heterocycles. The van der Waals surface area contributed by atoms with Gasteiger partial charge in [-0.15, -0.1) is 11.8 Å². The van der Waals surface area contributed by atoms with Gasteiger partial charge in [-0.1, -0.05) is 52.3 Å². The normalized spacial score (nSPS) is 11.7. The molecule has 0 aliphatic carbocycles. The summed E-state index contributed by atoms with van der Waals surface area (Å²) in [6.45, 7) is 6.68. The predicted octanol–water partition coefficient (Wildman–Crippen LogP) is 4.54. The van der Waals surface area contributed by atoms with Gasteiger partial charge in [0.1, 0.15) is 6.04 Å². The molecule has 0 saturated heterocycles. The third kappa shape index (κ3) is 6.67. The number of benzene rings is 2. The fraction of sp³-hybridized carbons (Fsp3) is 0.364. The molecule has 2 aromatic rings. The number of amides is 2. The van der Waals surface area contributed by atoms with Crippen LogP contribution in [0.15, 0.2) is 53.0 Å². The molecule has 0 saturated carbocycles. The Kier molecular flexibility index (Phi) is 9.06. The average Bonchev–Trinajstić information content (AvgIpc) is 2.68. The molecule has 150 valence electrons. The smallest absolute Gasteiger partial charge is 0.242 e. The summed E-state index contributed by atoms with van der Waals surface area (Å²) < 4.78 is 1.04. The van der Waals surface area contributed by atoms with Crippen molar-refractivity contribution in [3.05, 3.63) is 69.7 Å². The van der Waals surface area contributed by atoms with Crippen LogP contribution in [-0.4, -0.2) is 35.1 Å². The maximum atomic E-state index is 13.0. The van der Waals surface area contributed by atoms with Gasteiger partial charge in [-0.3, -0.25) is 9.59 Å². The molecule has 0 fully saturated rings. The molecule has 4 nitrogen and oxygen atoms in total. The molecule has 0 aliphatic heterocycles. The highest BCUT2D eigenvalue weighted by Gasteiger charge is 2.26. The van der Waals surface area contributed by atoms with Gasteiger partial charge in [-0.25, -0.2) is 0 Å². The van der Waals surface area contributed by atoms with Crippen LogP contribution in [0, 0.1) is 6.92 Å². The highest BCUT2D eigenvalue weighted by molar-refractivity contribution is 9.10. The van der Waals surface area contributed by atoms with Gasteiger partial charge in [0.15, 0.2) is 0 Å². The van der Waals surface area contributed by atoms with Crippen LogP contribution in [0.4, 0.5) is 0 Å². The van der Waals surface area contributed by atoms with Gasteiger partial charge >= 0.3 is 0 Å². The molecule has 6 heteroatoms. The van der Waals surface area contributed by atoms with Crippen LogP contribution in [0.2, 0.25) is 0 Å². The Labute approximate surface area is 180 Å². The van der Waals surface area contributed by atoms with E-state index in [1.54, 1.807) is 23.6 Å². The molecule has 0 unspecified atom stereocenters. The molecular weight excluding hydrogens is 436 g/mol. The summed E-state index contributed by atoms with van der Waals surface area (Å²) in [6, 6.07) is 15.6. The number of carbonyl (C=O) groups is 2. The number of nitrogens with zero attached hydrogens (tertiary/aromatic N) is 1. The van der Waals surface area contributed by atoms with Crippen LogP contribution in [0.1, 0.15) is 30.5 Å². The Bertz CT molecular complexity index is 795. The van der Waals surface area contributed by atoms with E-state index in [-0.39, 0.29) is 11.8 Å². The Hall–Kier alpha value is -1.79. The van der Waals surface area contributed by atoms with Crippen LogP contribution >= 0.6 is 27.7 Å². The van der Waals surface area contributed by atoms with E-state index in [0.717, 1.165) is 21.4 Å². The summed E-state index contributed by atoms with van der Waals surface area (Å²) in [5.41, 5.74) is 3.35. The summed E-state index contributed by atoms with van der Waals surface area (Å²) in [6.07, 6.45) is 0. The van der Waals surface area contributed by atoms with Gasteiger partial charge in [-0.05, 0) is 49.6 Å². The summed E-state index contributed by atoms with van der Waals surface area (Å²) in [7, 11) is 0. The summed E-state index contributed by atoms with van der Waals surface area (Å²) in [4.78, 5) is 27.0. The van der Waals surface area contributed by atoms with Crippen molar-refractivity contribution in [2.24, 2.45) is 0 Å². The lowest BCUT2D eigenvalue weighted by atomic mass is 10.1. The average molecular weight is 463 g/mol. The van der Waals surface area contributed by atoms with Gasteiger partial charge in [0.25, 0.3) is 0 Å². The van der Waals surface area contributed by atoms with E-state index in [0.29, 0.717) is 18.8 Å². The first-order valence-electron chi connectivity index (χ1n) is 9.36. The summed E-state index contributed by atoms with van der Waals surface area (Å²) in [5, 5.41) is 2.82. The number of halogens is 1. The maximum absolute atomic E-state index is 13.0. The molecule has 1 atom stereocenters. The zero-order valence-electron chi connectivity index (χ0n) is 16.6. The molecule has 28 heavy (non-hydrogen) atoms. The first-order chi connectivity index (χ1) is 13.4. The Morgan fingerprint density at radius 3 is 2.46 bits per heavy atom. The Balaban J connectivity index is 2.06. The van der Waals surface area contributed by atoms with Gasteiger partial charge in [0.2, 0.25) is 11.8 Å². The number of likely N-dealkylation sites (N-methyl/N-ethyl adjacent to an activating group) is 1. The van der Waals surface area contributed by atoms with Gasteiger partial charge < -0.3 is 10.2 Å². The van der Waals surface area contributed by atoms with Crippen molar-refractivity contribution in [1.82, 2.24) is 10.2 Å². The second-order valence-electron chi connectivity index (χ2n) is 6.64. The SMILES string of the molecule is CCNC(=O)[C@@H](C)N(Cc1ccccc1C)C(=O)CSCc1ccc(Br)cc1. The van der Waals surface area contributed by atoms with Crippen molar-refractivity contribution < 1.29 is 9.59 Å². The lowest BCUT2D eigenvalue weighted by molar-refractivity contribution is -0.138. The molecule has 2 amide bonds. The van der Waals surface area contributed by atoms with Crippen molar-refractivity contribution in [3.63, 3.8) is 0 Å². The first kappa shape index (κ1) is 22.5. The molecule has 0 spiro atoms. The molecule has 0 radical (unpaired) electrons. The zero-order valence-corrected chi connectivity index (χ0v) is 19.0. The number of hydrogen-bond donors (Lipinski definition) is 1. The Morgan fingerprint density at radius 2 is 1.82 bits per heavy atom. The molecular formula is C22H27BrN2O2S. The van der Waals surface area contributed by atoms with Crippen molar-refractivity contribution in [3.8, 4) is 0 Å². The van der Waals surface area contributed by atoms with Gasteiger partial charge in [-0.2, -0.15) is 0 Å². The molecule has 2 rings (SSSR count). The van der Waals surface area contributed by atoms with E-state index < -0.39 is 6.04 Å². The maximum Gasteiger partial charge on any atom is 0.242 e. The van der Waals surface area contributed by atoms with Crippen molar-refractivity contribution in [2.45, 2.75) is 39.1 Å². The number of carbonyl (C=O) groups excluding carboxylic acids is 2. The van der Waals surface area contributed by atoms with Gasteiger partial charge in [0, 0.05) is 23.3 Å². The number of rotatable bonds is 9. The third-order valence-electron chi connectivity index (χ3n) is 4.53. The molecule has 0 bridgehead atoms. The van der Waals surface area contributed by atoms with Crippen molar-refractivity contribution in [1.29, 1.82) is 0 Å². The molecule has 2 aromatic carbocycles. The standard InChI is InChI=1S/C22H27BrN2O2S/c1-4-24-22(27)17(3)25(13-19-8-6-5-7-16(19)2)21(26)15-28-14-18-9-11-20(23)12-10-18/h5-12,17H,4,13-15H2,1-3H3,(H,24,27)/t17-/m1/s1. The molecule has 0 aromatic heterocycles.